The second-order valence-corrected chi connectivity index (χ2v) is 8.47. The van der Waals surface area contributed by atoms with E-state index in [2.05, 4.69) is 15.6 Å². The molecular formula is C18H21ClN6O2. The molecule has 3 aliphatic heterocycles. The number of aliphatic imine (C=N–C) groups is 2. The summed E-state index contributed by atoms with van der Waals surface area (Å²) in [5.41, 5.74) is 6.21. The zero-order chi connectivity index (χ0) is 18.2. The van der Waals surface area contributed by atoms with Crippen LogP contribution >= 0.6 is 11.6 Å². The van der Waals surface area contributed by atoms with Gasteiger partial charge in [0.2, 0.25) is 5.96 Å². The summed E-state index contributed by atoms with van der Waals surface area (Å²) in [4.78, 5) is 14.3. The fraction of sp³-hybridized carbons (Fsp3) is 0.611. The van der Waals surface area contributed by atoms with Gasteiger partial charge >= 0.3 is 0 Å². The fourth-order valence-corrected chi connectivity index (χ4v) is 5.29. The maximum atomic E-state index is 6.21. The highest BCUT2D eigenvalue weighted by Crippen LogP contribution is 2.60. The van der Waals surface area contributed by atoms with E-state index in [9.17, 15) is 0 Å². The van der Waals surface area contributed by atoms with Crippen molar-refractivity contribution >= 4 is 23.5 Å². The Bertz CT molecular complexity index is 842. The van der Waals surface area contributed by atoms with Gasteiger partial charge in [-0.1, -0.05) is 17.7 Å². The van der Waals surface area contributed by atoms with E-state index in [1.807, 2.05) is 12.1 Å². The first-order valence-electron chi connectivity index (χ1n) is 9.42. The quantitative estimate of drug-likeness (QED) is 0.642. The van der Waals surface area contributed by atoms with E-state index in [-0.39, 0.29) is 12.0 Å². The van der Waals surface area contributed by atoms with Gasteiger partial charge in [-0.15, -0.1) is 0 Å². The summed E-state index contributed by atoms with van der Waals surface area (Å²) in [6.07, 6.45) is 0. The number of fused-ring (bicyclic) bond motifs is 2. The number of guanidine groups is 2. The Morgan fingerprint density at radius 2 is 1.81 bits per heavy atom. The topological polar surface area (TPSA) is 106 Å². The van der Waals surface area contributed by atoms with Crippen LogP contribution in [0.15, 0.2) is 28.2 Å². The molecular weight excluding hydrogens is 368 g/mol. The van der Waals surface area contributed by atoms with E-state index < -0.39 is 5.66 Å². The highest BCUT2D eigenvalue weighted by Gasteiger charge is 2.66. The maximum Gasteiger partial charge on any atom is 0.200 e. The summed E-state index contributed by atoms with van der Waals surface area (Å²) in [5.74, 6) is 3.20. The number of pyridine rings is 1. The van der Waals surface area contributed by atoms with Gasteiger partial charge in [0.05, 0.1) is 38.2 Å². The standard InChI is InChI=1S/C18H21ClN6O2/c19-13-3-1-2-12(21-13)18(14-8-4-26-5-9(8)14)24-16(20)23-17(25-18)22-15-10-6-27-7-11(10)15/h1-3,8-11,14-15H,4-7H2,(H4,20,22,23,24,25)/t8-,9+,10-,11+,14?,15?,18?. The molecule has 6 rings (SSSR count). The molecule has 0 amide bonds. The van der Waals surface area contributed by atoms with Crippen LogP contribution < -0.4 is 16.4 Å². The average Bonchev–Trinajstić information content (AvgIpc) is 3.30. The molecule has 9 heteroatoms. The third-order valence-electron chi connectivity index (χ3n) is 6.58. The number of hydrogen-bond donors (Lipinski definition) is 3. The third kappa shape index (κ3) is 2.40. The lowest BCUT2D eigenvalue weighted by Gasteiger charge is -2.37. The van der Waals surface area contributed by atoms with Gasteiger partial charge in [0, 0.05) is 17.8 Å². The normalized spacial score (nSPS) is 45.5. The Balaban J connectivity index is 1.39. The number of ether oxygens (including phenoxy) is 2. The lowest BCUT2D eigenvalue weighted by Crippen LogP contribution is -2.60. The Morgan fingerprint density at radius 3 is 2.52 bits per heavy atom. The SMILES string of the molecule is NC1=NC(c2cccc(Cl)n2)(C2[C@H]3COC[C@@H]23)NC(=NC2[C@H]3COC[C@@H]23)N1. The van der Waals surface area contributed by atoms with E-state index in [1.165, 1.54) is 0 Å². The van der Waals surface area contributed by atoms with Crippen molar-refractivity contribution < 1.29 is 9.47 Å². The zero-order valence-corrected chi connectivity index (χ0v) is 15.4. The minimum absolute atomic E-state index is 0.255. The smallest absolute Gasteiger partial charge is 0.200 e. The second-order valence-electron chi connectivity index (χ2n) is 8.08. The molecule has 7 atom stereocenters. The molecule has 0 bridgehead atoms. The molecule has 27 heavy (non-hydrogen) atoms. The molecule has 5 aliphatic rings. The second kappa shape index (κ2) is 5.56. The molecule has 2 saturated carbocycles. The van der Waals surface area contributed by atoms with Gasteiger partial charge in [0.25, 0.3) is 0 Å². The van der Waals surface area contributed by atoms with Gasteiger partial charge in [-0.05, 0) is 24.0 Å². The van der Waals surface area contributed by atoms with Crippen LogP contribution in [0.25, 0.3) is 0 Å². The first-order chi connectivity index (χ1) is 13.2. The molecule has 0 spiro atoms. The molecule has 2 saturated heterocycles. The average molecular weight is 389 g/mol. The van der Waals surface area contributed by atoms with Gasteiger partial charge in [-0.3, -0.25) is 5.32 Å². The van der Waals surface area contributed by atoms with Crippen molar-refractivity contribution in [3.05, 3.63) is 29.0 Å². The predicted molar refractivity (Wildman–Crippen MR) is 99.1 cm³/mol. The van der Waals surface area contributed by atoms with Crippen LogP contribution in [0, 0.1) is 29.6 Å². The van der Waals surface area contributed by atoms with Crippen molar-refractivity contribution in [2.45, 2.75) is 11.7 Å². The Kier molecular flexibility index (Phi) is 3.31. The van der Waals surface area contributed by atoms with Crippen LogP contribution in [0.1, 0.15) is 5.69 Å². The van der Waals surface area contributed by atoms with Crippen molar-refractivity contribution in [1.82, 2.24) is 15.6 Å². The van der Waals surface area contributed by atoms with Gasteiger partial charge in [0.15, 0.2) is 11.6 Å². The first kappa shape index (κ1) is 16.1. The largest absolute Gasteiger partial charge is 0.381 e. The number of nitrogens with zero attached hydrogens (tertiary/aromatic N) is 3. The van der Waals surface area contributed by atoms with Crippen molar-refractivity contribution in [2.75, 3.05) is 26.4 Å². The van der Waals surface area contributed by atoms with Crippen LogP contribution in [0.2, 0.25) is 5.15 Å². The fourth-order valence-electron chi connectivity index (χ4n) is 5.12. The van der Waals surface area contributed by atoms with Gasteiger partial charge in [-0.25, -0.2) is 15.0 Å². The summed E-state index contributed by atoms with van der Waals surface area (Å²) in [5, 5.41) is 7.08. The number of hydrogen-bond acceptors (Lipinski definition) is 6. The monoisotopic (exact) mass is 388 g/mol. The first-order valence-corrected chi connectivity index (χ1v) is 9.80. The number of rotatable bonds is 3. The van der Waals surface area contributed by atoms with Gasteiger partial charge < -0.3 is 20.5 Å². The molecule has 0 radical (unpaired) electrons. The van der Waals surface area contributed by atoms with Crippen molar-refractivity contribution in [2.24, 2.45) is 45.3 Å². The lowest BCUT2D eigenvalue weighted by molar-refractivity contribution is 0.127. The summed E-state index contributed by atoms with van der Waals surface area (Å²) in [6.45, 7) is 3.08. The number of nitrogens with one attached hydrogen (secondary N) is 2. The minimum atomic E-state index is -0.765. The van der Waals surface area contributed by atoms with Crippen molar-refractivity contribution in [3.63, 3.8) is 0 Å². The molecule has 1 aromatic heterocycles. The van der Waals surface area contributed by atoms with Gasteiger partial charge in [-0.2, -0.15) is 0 Å². The van der Waals surface area contributed by atoms with E-state index >= 15 is 0 Å². The van der Waals surface area contributed by atoms with Crippen molar-refractivity contribution in [1.29, 1.82) is 0 Å². The number of halogens is 1. The van der Waals surface area contributed by atoms with Crippen LogP contribution in [0.4, 0.5) is 0 Å². The molecule has 2 aliphatic carbocycles. The highest BCUT2D eigenvalue weighted by atomic mass is 35.5. The molecule has 142 valence electrons. The lowest BCUT2D eigenvalue weighted by atomic mass is 9.95. The molecule has 1 aromatic rings. The van der Waals surface area contributed by atoms with E-state index in [0.717, 1.165) is 32.1 Å². The van der Waals surface area contributed by atoms with Crippen molar-refractivity contribution in [3.8, 4) is 0 Å². The minimum Gasteiger partial charge on any atom is -0.381 e. The highest BCUT2D eigenvalue weighted by molar-refractivity contribution is 6.29. The maximum absolute atomic E-state index is 6.21. The van der Waals surface area contributed by atoms with E-state index in [4.69, 9.17) is 36.8 Å². The van der Waals surface area contributed by atoms with Crippen LogP contribution in [-0.2, 0) is 15.1 Å². The summed E-state index contributed by atoms with van der Waals surface area (Å²) in [6, 6.07) is 5.90. The molecule has 0 aromatic carbocycles. The van der Waals surface area contributed by atoms with Crippen LogP contribution in [0.3, 0.4) is 0 Å². The number of aromatic nitrogens is 1. The summed E-state index contributed by atoms with van der Waals surface area (Å²) in [7, 11) is 0. The molecule has 4 fully saturated rings. The zero-order valence-electron chi connectivity index (χ0n) is 14.6. The Labute approximate surface area is 161 Å². The Morgan fingerprint density at radius 1 is 1.11 bits per heavy atom. The molecule has 8 nitrogen and oxygen atoms in total. The summed E-state index contributed by atoms with van der Waals surface area (Å²) >= 11 is 6.20. The van der Waals surface area contributed by atoms with Crippen LogP contribution in [-0.4, -0.2) is 49.4 Å². The van der Waals surface area contributed by atoms with E-state index in [1.54, 1.807) is 6.07 Å². The number of nitrogens with two attached hydrogens (primary N) is 1. The molecule has 4 heterocycles. The van der Waals surface area contributed by atoms with Crippen LogP contribution in [0.5, 0.6) is 0 Å². The predicted octanol–water partition coefficient (Wildman–Crippen LogP) is 0.289. The molecule has 4 N–H and O–H groups in total. The van der Waals surface area contributed by atoms with E-state index in [0.29, 0.717) is 40.7 Å². The van der Waals surface area contributed by atoms with Gasteiger partial charge in [0.1, 0.15) is 5.15 Å². The molecule has 3 unspecified atom stereocenters. The third-order valence-corrected chi connectivity index (χ3v) is 6.79. The summed E-state index contributed by atoms with van der Waals surface area (Å²) < 4.78 is 11.1. The Hall–Kier alpha value is -1.90.